The number of amides is 1. The van der Waals surface area contributed by atoms with E-state index >= 15 is 0 Å². The molecule has 0 saturated heterocycles. The number of unbranched alkanes of at least 4 members (excludes halogenated alkanes) is 1. The zero-order chi connectivity index (χ0) is 16.8. The molecular formula is C18H26ClNO3. The summed E-state index contributed by atoms with van der Waals surface area (Å²) in [6, 6.07) is 3.93. The minimum Gasteiger partial charge on any atom is -0.486 e. The number of fused-ring (bicyclic) bond motifs is 1. The Balaban J connectivity index is 2.13. The van der Waals surface area contributed by atoms with E-state index in [2.05, 4.69) is 20.8 Å². The first-order valence-corrected chi connectivity index (χ1v) is 8.82. The summed E-state index contributed by atoms with van der Waals surface area (Å²) in [5.41, 5.74) is 0.869. The maximum atomic E-state index is 12.7. The van der Waals surface area contributed by atoms with E-state index in [1.807, 2.05) is 17.0 Å². The molecule has 0 aromatic heterocycles. The van der Waals surface area contributed by atoms with E-state index < -0.39 is 0 Å². The van der Waals surface area contributed by atoms with Gasteiger partial charge < -0.3 is 14.4 Å². The summed E-state index contributed by atoms with van der Waals surface area (Å²) >= 11 is 6.25. The Labute approximate surface area is 143 Å². The molecule has 1 aliphatic heterocycles. The van der Waals surface area contributed by atoms with Crippen LogP contribution < -0.4 is 9.47 Å². The van der Waals surface area contributed by atoms with Gasteiger partial charge in [0.1, 0.15) is 13.2 Å². The van der Waals surface area contributed by atoms with Gasteiger partial charge in [0.2, 0.25) is 5.91 Å². The number of halogens is 1. The van der Waals surface area contributed by atoms with Gasteiger partial charge >= 0.3 is 0 Å². The Morgan fingerprint density at radius 3 is 2.74 bits per heavy atom. The van der Waals surface area contributed by atoms with E-state index in [0.29, 0.717) is 36.2 Å². The van der Waals surface area contributed by atoms with Crippen molar-refractivity contribution in [2.45, 2.75) is 52.5 Å². The lowest BCUT2D eigenvalue weighted by Crippen LogP contribution is -2.40. The number of carbonyl (C=O) groups is 1. The van der Waals surface area contributed by atoms with Crippen molar-refractivity contribution in [3.05, 3.63) is 22.7 Å². The van der Waals surface area contributed by atoms with Crippen molar-refractivity contribution in [2.24, 2.45) is 0 Å². The highest BCUT2D eigenvalue weighted by atomic mass is 35.5. The molecule has 0 bridgehead atoms. The van der Waals surface area contributed by atoms with Crippen molar-refractivity contribution in [3.63, 3.8) is 0 Å². The lowest BCUT2D eigenvalue weighted by Gasteiger charge is -2.29. The second-order valence-corrected chi connectivity index (χ2v) is 6.38. The molecule has 1 atom stereocenters. The van der Waals surface area contributed by atoms with E-state index in [-0.39, 0.29) is 11.9 Å². The first-order chi connectivity index (χ1) is 11.1. The average molecular weight is 340 g/mol. The zero-order valence-electron chi connectivity index (χ0n) is 14.2. The number of ether oxygens (including phenoxy) is 2. The molecule has 0 aliphatic carbocycles. The third-order valence-corrected chi connectivity index (χ3v) is 4.49. The van der Waals surface area contributed by atoms with Crippen LogP contribution >= 0.6 is 11.6 Å². The second kappa shape index (κ2) is 8.44. The Hall–Kier alpha value is -1.42. The van der Waals surface area contributed by atoms with Gasteiger partial charge in [-0.15, -0.1) is 0 Å². The third-order valence-electron chi connectivity index (χ3n) is 4.21. The lowest BCUT2D eigenvalue weighted by molar-refractivity contribution is -0.132. The maximum absolute atomic E-state index is 12.7. The Kier molecular flexibility index (Phi) is 6.58. The number of hydrogen-bond acceptors (Lipinski definition) is 3. The van der Waals surface area contributed by atoms with E-state index in [1.165, 1.54) is 0 Å². The van der Waals surface area contributed by atoms with Crippen molar-refractivity contribution in [2.75, 3.05) is 19.8 Å². The minimum absolute atomic E-state index is 0.139. The fourth-order valence-corrected chi connectivity index (χ4v) is 2.97. The molecule has 128 valence electrons. The SMILES string of the molecule is CCCCN(C(=O)Cc1cc(Cl)c2c(c1)OCCO2)C(C)CC. The van der Waals surface area contributed by atoms with Crippen molar-refractivity contribution in [3.8, 4) is 11.5 Å². The fraction of sp³-hybridized carbons (Fsp3) is 0.611. The van der Waals surface area contributed by atoms with Crippen molar-refractivity contribution in [1.82, 2.24) is 4.90 Å². The minimum atomic E-state index is 0.139. The summed E-state index contributed by atoms with van der Waals surface area (Å²) in [5.74, 6) is 1.36. The molecule has 0 N–H and O–H groups in total. The molecule has 23 heavy (non-hydrogen) atoms. The van der Waals surface area contributed by atoms with Crippen molar-refractivity contribution < 1.29 is 14.3 Å². The van der Waals surface area contributed by atoms with Crippen LogP contribution in [0.2, 0.25) is 5.02 Å². The van der Waals surface area contributed by atoms with E-state index in [0.717, 1.165) is 31.4 Å². The molecule has 4 nitrogen and oxygen atoms in total. The molecule has 0 spiro atoms. The first-order valence-electron chi connectivity index (χ1n) is 8.44. The number of nitrogens with zero attached hydrogens (tertiary/aromatic N) is 1. The van der Waals surface area contributed by atoms with Gasteiger partial charge in [0, 0.05) is 12.6 Å². The molecule has 0 radical (unpaired) electrons. The van der Waals surface area contributed by atoms with Crippen LogP contribution in [0.25, 0.3) is 0 Å². The van der Waals surface area contributed by atoms with Gasteiger partial charge in [-0.05, 0) is 37.5 Å². The molecule has 0 saturated carbocycles. The predicted octanol–water partition coefficient (Wildman–Crippen LogP) is 4.08. The predicted molar refractivity (Wildman–Crippen MR) is 92.5 cm³/mol. The number of benzene rings is 1. The molecule has 1 amide bonds. The van der Waals surface area contributed by atoms with Crippen molar-refractivity contribution >= 4 is 17.5 Å². The van der Waals surface area contributed by atoms with Crippen molar-refractivity contribution in [1.29, 1.82) is 0 Å². The van der Waals surface area contributed by atoms with Gasteiger partial charge in [-0.25, -0.2) is 0 Å². The van der Waals surface area contributed by atoms with Gasteiger partial charge in [0.05, 0.1) is 11.4 Å². The number of carbonyl (C=O) groups excluding carboxylic acids is 1. The van der Waals surface area contributed by atoms with E-state index in [1.54, 1.807) is 0 Å². The van der Waals surface area contributed by atoms with Crippen LogP contribution in [0.3, 0.4) is 0 Å². The summed E-state index contributed by atoms with van der Waals surface area (Å²) < 4.78 is 11.1. The van der Waals surface area contributed by atoms with Crippen LogP contribution in [-0.4, -0.2) is 36.6 Å². The number of hydrogen-bond donors (Lipinski definition) is 0. The highest BCUT2D eigenvalue weighted by Crippen LogP contribution is 2.38. The van der Waals surface area contributed by atoms with E-state index in [9.17, 15) is 4.79 Å². The maximum Gasteiger partial charge on any atom is 0.227 e. The molecular weight excluding hydrogens is 314 g/mol. The molecule has 1 aromatic carbocycles. The molecule has 2 rings (SSSR count). The van der Waals surface area contributed by atoms with Crippen LogP contribution in [0, 0.1) is 0 Å². The Morgan fingerprint density at radius 2 is 2.04 bits per heavy atom. The van der Waals surface area contributed by atoms with Crippen LogP contribution in [0.5, 0.6) is 11.5 Å². The van der Waals surface area contributed by atoms with Gasteiger partial charge in [-0.1, -0.05) is 31.9 Å². The summed E-state index contributed by atoms with van der Waals surface area (Å²) in [5, 5.41) is 0.508. The Bertz CT molecular complexity index is 547. The average Bonchev–Trinajstić information content (AvgIpc) is 2.55. The molecule has 1 unspecified atom stereocenters. The third kappa shape index (κ3) is 4.54. The quantitative estimate of drug-likeness (QED) is 0.751. The van der Waals surface area contributed by atoms with Gasteiger partial charge in [0.25, 0.3) is 0 Å². The zero-order valence-corrected chi connectivity index (χ0v) is 15.0. The summed E-state index contributed by atoms with van der Waals surface area (Å²) in [6.07, 6.45) is 3.40. The monoisotopic (exact) mass is 339 g/mol. The molecule has 1 aliphatic rings. The highest BCUT2D eigenvalue weighted by molar-refractivity contribution is 6.32. The summed E-state index contributed by atoms with van der Waals surface area (Å²) in [7, 11) is 0. The van der Waals surface area contributed by atoms with Crippen LogP contribution in [0.1, 0.15) is 45.6 Å². The fourth-order valence-electron chi connectivity index (χ4n) is 2.68. The van der Waals surface area contributed by atoms with E-state index in [4.69, 9.17) is 21.1 Å². The largest absolute Gasteiger partial charge is 0.486 e. The topological polar surface area (TPSA) is 38.8 Å². The first kappa shape index (κ1) is 17.9. The normalized spacial score (nSPS) is 14.4. The van der Waals surface area contributed by atoms with Crippen LogP contribution in [0.15, 0.2) is 12.1 Å². The molecule has 1 heterocycles. The van der Waals surface area contributed by atoms with Gasteiger partial charge in [-0.3, -0.25) is 4.79 Å². The Morgan fingerprint density at radius 1 is 1.30 bits per heavy atom. The number of rotatable bonds is 7. The van der Waals surface area contributed by atoms with Crippen LogP contribution in [0.4, 0.5) is 0 Å². The molecule has 5 heteroatoms. The van der Waals surface area contributed by atoms with Gasteiger partial charge in [0.15, 0.2) is 11.5 Å². The standard InChI is InChI=1S/C18H26ClNO3/c1-4-6-7-20(13(3)5-2)17(21)12-14-10-15(19)18-16(11-14)22-8-9-23-18/h10-11,13H,4-9,12H2,1-3H3. The second-order valence-electron chi connectivity index (χ2n) is 5.98. The van der Waals surface area contributed by atoms with Gasteiger partial charge in [-0.2, -0.15) is 0 Å². The smallest absolute Gasteiger partial charge is 0.227 e. The highest BCUT2D eigenvalue weighted by Gasteiger charge is 2.21. The molecule has 0 fully saturated rings. The van der Waals surface area contributed by atoms with Crippen LogP contribution in [-0.2, 0) is 11.2 Å². The lowest BCUT2D eigenvalue weighted by atomic mass is 10.1. The summed E-state index contributed by atoms with van der Waals surface area (Å²) in [4.78, 5) is 14.7. The summed E-state index contributed by atoms with van der Waals surface area (Å²) in [6.45, 7) is 8.17. The molecule has 1 aromatic rings.